The van der Waals surface area contributed by atoms with Crippen molar-refractivity contribution in [1.29, 1.82) is 0 Å². The Morgan fingerprint density at radius 2 is 2.25 bits per heavy atom. The summed E-state index contributed by atoms with van der Waals surface area (Å²) in [6.07, 6.45) is 5.38. The van der Waals surface area contributed by atoms with E-state index in [9.17, 15) is 4.39 Å². The lowest BCUT2D eigenvalue weighted by molar-refractivity contribution is 0.231. The summed E-state index contributed by atoms with van der Waals surface area (Å²) in [5, 5.41) is 3.26. The molecule has 5 nitrogen and oxygen atoms in total. The van der Waals surface area contributed by atoms with E-state index in [-0.39, 0.29) is 5.88 Å². The standard InChI is InChI=1S/C13H21FN4OS/c1-19-12-11(14)9-15-13(17-12)16-10-3-5-18(6-4-10)7-8-20-2/h9-10H,3-8H2,1-2H3,(H,15,16,17). The predicted octanol–water partition coefficient (Wildman–Crippen LogP) is 1.86. The van der Waals surface area contributed by atoms with Gasteiger partial charge >= 0.3 is 0 Å². The monoisotopic (exact) mass is 300 g/mol. The minimum Gasteiger partial charge on any atom is -0.479 e. The molecule has 1 aromatic rings. The number of aromatic nitrogens is 2. The number of methoxy groups -OCH3 is 1. The van der Waals surface area contributed by atoms with Crippen LogP contribution in [0.15, 0.2) is 6.20 Å². The van der Waals surface area contributed by atoms with Gasteiger partial charge in [0.05, 0.1) is 13.3 Å². The summed E-state index contributed by atoms with van der Waals surface area (Å²) in [4.78, 5) is 10.4. The highest BCUT2D eigenvalue weighted by molar-refractivity contribution is 7.98. The molecule has 7 heteroatoms. The summed E-state index contributed by atoms with van der Waals surface area (Å²) < 4.78 is 18.1. The van der Waals surface area contributed by atoms with Crippen LogP contribution in [-0.2, 0) is 0 Å². The van der Waals surface area contributed by atoms with Crippen LogP contribution in [0.1, 0.15) is 12.8 Å². The Labute approximate surface area is 123 Å². The molecule has 0 bridgehead atoms. The van der Waals surface area contributed by atoms with Crippen LogP contribution in [0.25, 0.3) is 0 Å². The fourth-order valence-corrected chi connectivity index (χ4v) is 2.71. The zero-order valence-corrected chi connectivity index (χ0v) is 12.7. The number of ether oxygens (including phenoxy) is 1. The van der Waals surface area contributed by atoms with Crippen molar-refractivity contribution in [3.8, 4) is 5.88 Å². The lowest BCUT2D eigenvalue weighted by Crippen LogP contribution is -2.40. The number of rotatable bonds is 6. The molecule has 0 atom stereocenters. The highest BCUT2D eigenvalue weighted by Gasteiger charge is 2.19. The maximum atomic E-state index is 13.2. The second-order valence-corrected chi connectivity index (χ2v) is 5.79. The topological polar surface area (TPSA) is 50.3 Å². The van der Waals surface area contributed by atoms with Crippen LogP contribution in [-0.4, -0.2) is 59.7 Å². The Bertz CT molecular complexity index is 427. The maximum Gasteiger partial charge on any atom is 0.255 e. The Kier molecular flexibility index (Phi) is 5.85. The minimum absolute atomic E-state index is 0.0140. The zero-order valence-electron chi connectivity index (χ0n) is 11.9. The van der Waals surface area contributed by atoms with E-state index in [2.05, 4.69) is 26.4 Å². The summed E-state index contributed by atoms with van der Waals surface area (Å²) >= 11 is 1.88. The minimum atomic E-state index is -0.537. The third kappa shape index (κ3) is 4.21. The zero-order chi connectivity index (χ0) is 14.4. The van der Waals surface area contributed by atoms with Gasteiger partial charge < -0.3 is 15.0 Å². The van der Waals surface area contributed by atoms with Gasteiger partial charge in [-0.2, -0.15) is 21.1 Å². The van der Waals surface area contributed by atoms with Crippen molar-refractivity contribution in [2.24, 2.45) is 0 Å². The summed E-state index contributed by atoms with van der Waals surface area (Å²) in [5.74, 6) is 1.06. The van der Waals surface area contributed by atoms with E-state index in [4.69, 9.17) is 4.74 Å². The number of halogens is 1. The van der Waals surface area contributed by atoms with Crippen LogP contribution in [0.2, 0.25) is 0 Å². The van der Waals surface area contributed by atoms with Crippen LogP contribution in [0, 0.1) is 5.82 Å². The van der Waals surface area contributed by atoms with Crippen molar-refractivity contribution in [1.82, 2.24) is 14.9 Å². The first kappa shape index (κ1) is 15.3. The predicted molar refractivity (Wildman–Crippen MR) is 80.0 cm³/mol. The van der Waals surface area contributed by atoms with Gasteiger partial charge in [0, 0.05) is 31.4 Å². The SMILES string of the molecule is COc1nc(NC2CCN(CCSC)CC2)ncc1F. The fraction of sp³-hybridized carbons (Fsp3) is 0.692. The van der Waals surface area contributed by atoms with Crippen LogP contribution in [0.5, 0.6) is 5.88 Å². The molecular formula is C13H21FN4OS. The van der Waals surface area contributed by atoms with E-state index in [0.29, 0.717) is 12.0 Å². The smallest absolute Gasteiger partial charge is 0.255 e. The Morgan fingerprint density at radius 3 is 2.90 bits per heavy atom. The van der Waals surface area contributed by atoms with Gasteiger partial charge in [-0.15, -0.1) is 0 Å². The molecule has 1 N–H and O–H groups in total. The van der Waals surface area contributed by atoms with E-state index in [1.165, 1.54) is 12.9 Å². The largest absolute Gasteiger partial charge is 0.479 e. The summed E-state index contributed by atoms with van der Waals surface area (Å²) in [7, 11) is 1.40. The molecule has 2 rings (SSSR count). The molecule has 1 saturated heterocycles. The van der Waals surface area contributed by atoms with Gasteiger partial charge in [0.15, 0.2) is 0 Å². The second kappa shape index (κ2) is 7.64. The normalized spacial score (nSPS) is 17.1. The molecule has 0 amide bonds. The van der Waals surface area contributed by atoms with Crippen molar-refractivity contribution in [2.45, 2.75) is 18.9 Å². The number of anilines is 1. The van der Waals surface area contributed by atoms with Crippen LogP contribution in [0.3, 0.4) is 0 Å². The number of hydrogen-bond donors (Lipinski definition) is 1. The van der Waals surface area contributed by atoms with Crippen molar-refractivity contribution >= 4 is 17.7 Å². The average Bonchev–Trinajstić information content (AvgIpc) is 2.48. The third-order valence-corrected chi connectivity index (χ3v) is 4.03. The molecule has 1 aromatic heterocycles. The van der Waals surface area contributed by atoms with Gasteiger partial charge in [0.1, 0.15) is 0 Å². The lowest BCUT2D eigenvalue weighted by atomic mass is 10.1. The van der Waals surface area contributed by atoms with E-state index in [0.717, 1.165) is 38.7 Å². The average molecular weight is 300 g/mol. The quantitative estimate of drug-likeness (QED) is 0.865. The summed E-state index contributed by atoms with van der Waals surface area (Å²) in [6, 6.07) is 0.343. The van der Waals surface area contributed by atoms with Crippen molar-refractivity contribution in [2.75, 3.05) is 44.1 Å². The number of nitrogens with one attached hydrogen (secondary N) is 1. The maximum absolute atomic E-state index is 13.2. The van der Waals surface area contributed by atoms with Gasteiger partial charge in [-0.25, -0.2) is 4.98 Å². The number of likely N-dealkylation sites (tertiary alicyclic amines) is 1. The molecule has 1 aliphatic heterocycles. The first-order valence-corrected chi connectivity index (χ1v) is 8.16. The molecule has 0 aromatic carbocycles. The first-order chi connectivity index (χ1) is 9.72. The lowest BCUT2D eigenvalue weighted by Gasteiger charge is -2.32. The first-order valence-electron chi connectivity index (χ1n) is 6.77. The van der Waals surface area contributed by atoms with E-state index >= 15 is 0 Å². The Hall–Kier alpha value is -1.08. The molecule has 1 aliphatic rings. The van der Waals surface area contributed by atoms with Crippen molar-refractivity contribution < 1.29 is 9.13 Å². The Balaban J connectivity index is 1.83. The second-order valence-electron chi connectivity index (χ2n) is 4.80. The number of nitrogens with zero attached hydrogens (tertiary/aromatic N) is 3. The molecule has 0 aliphatic carbocycles. The molecule has 0 unspecified atom stereocenters. The molecule has 0 radical (unpaired) electrons. The molecular weight excluding hydrogens is 279 g/mol. The van der Waals surface area contributed by atoms with Crippen molar-refractivity contribution in [3.63, 3.8) is 0 Å². The summed E-state index contributed by atoms with van der Waals surface area (Å²) in [6.45, 7) is 3.31. The van der Waals surface area contributed by atoms with Gasteiger partial charge in [-0.05, 0) is 19.1 Å². The Morgan fingerprint density at radius 1 is 1.50 bits per heavy atom. The molecule has 0 spiro atoms. The molecule has 1 fully saturated rings. The van der Waals surface area contributed by atoms with E-state index < -0.39 is 5.82 Å². The number of thioether (sulfide) groups is 1. The van der Waals surface area contributed by atoms with Crippen LogP contribution >= 0.6 is 11.8 Å². The van der Waals surface area contributed by atoms with Gasteiger partial charge in [-0.3, -0.25) is 0 Å². The van der Waals surface area contributed by atoms with E-state index in [1.807, 2.05) is 11.8 Å². The fourth-order valence-electron chi connectivity index (χ4n) is 2.27. The molecule has 112 valence electrons. The molecule has 2 heterocycles. The van der Waals surface area contributed by atoms with E-state index in [1.54, 1.807) is 0 Å². The van der Waals surface area contributed by atoms with Crippen molar-refractivity contribution in [3.05, 3.63) is 12.0 Å². The number of piperidine rings is 1. The number of hydrogen-bond acceptors (Lipinski definition) is 6. The summed E-state index contributed by atoms with van der Waals surface area (Å²) in [5.41, 5.74) is 0. The van der Waals surface area contributed by atoms with Gasteiger partial charge in [0.25, 0.3) is 5.88 Å². The van der Waals surface area contributed by atoms with Gasteiger partial charge in [-0.1, -0.05) is 0 Å². The molecule has 20 heavy (non-hydrogen) atoms. The highest BCUT2D eigenvalue weighted by Crippen LogP contribution is 2.17. The third-order valence-electron chi connectivity index (χ3n) is 3.44. The molecule has 0 saturated carbocycles. The highest BCUT2D eigenvalue weighted by atomic mass is 32.2. The van der Waals surface area contributed by atoms with Crippen LogP contribution in [0.4, 0.5) is 10.3 Å². The van der Waals surface area contributed by atoms with Gasteiger partial charge in [0.2, 0.25) is 11.8 Å². The van der Waals surface area contributed by atoms with Crippen LogP contribution < -0.4 is 10.1 Å².